The van der Waals surface area contributed by atoms with Crippen LogP contribution in [0.3, 0.4) is 0 Å². The molecule has 0 aromatic heterocycles. The Morgan fingerprint density at radius 1 is 1.53 bits per heavy atom. The number of para-hydroxylation sites is 1. The van der Waals surface area contributed by atoms with Gasteiger partial charge in [-0.1, -0.05) is 41.1 Å². The molecule has 1 heterocycles. The van der Waals surface area contributed by atoms with Gasteiger partial charge in [0, 0.05) is 16.9 Å². The molecule has 2 rings (SSSR count). The third-order valence-electron chi connectivity index (χ3n) is 3.35. The predicted octanol–water partition coefficient (Wildman–Crippen LogP) is 3.23. The highest BCUT2D eigenvalue weighted by Gasteiger charge is 2.26. The van der Waals surface area contributed by atoms with E-state index in [4.69, 9.17) is 4.74 Å². The number of carbonyl (C=O) groups is 1. The van der Waals surface area contributed by atoms with Gasteiger partial charge in [0.15, 0.2) is 0 Å². The zero-order valence-electron chi connectivity index (χ0n) is 11.2. The first-order chi connectivity index (χ1) is 9.18. The molecule has 19 heavy (non-hydrogen) atoms. The van der Waals surface area contributed by atoms with Gasteiger partial charge in [-0.3, -0.25) is 4.79 Å². The standard InChI is InChI=1S/C15H20BrNO2/c1-11(16)5-4-9-17-15(18)13-8-10-19-14-7-3-2-6-12(13)14/h2-3,6-7,11,13H,4-5,8-10H2,1H3,(H,17,18). The van der Waals surface area contributed by atoms with Gasteiger partial charge < -0.3 is 10.1 Å². The van der Waals surface area contributed by atoms with Crippen LogP contribution >= 0.6 is 15.9 Å². The summed E-state index contributed by atoms with van der Waals surface area (Å²) in [6.07, 6.45) is 2.84. The summed E-state index contributed by atoms with van der Waals surface area (Å²) >= 11 is 3.51. The van der Waals surface area contributed by atoms with Crippen LogP contribution in [0.2, 0.25) is 0 Å². The fourth-order valence-corrected chi connectivity index (χ4v) is 2.66. The van der Waals surface area contributed by atoms with Crippen molar-refractivity contribution < 1.29 is 9.53 Å². The largest absolute Gasteiger partial charge is 0.493 e. The second-order valence-corrected chi connectivity index (χ2v) is 6.50. The van der Waals surface area contributed by atoms with E-state index in [1.54, 1.807) is 0 Å². The smallest absolute Gasteiger partial charge is 0.227 e. The SMILES string of the molecule is CC(Br)CCCNC(=O)C1CCOc2ccccc21. The molecular formula is C15H20BrNO2. The van der Waals surface area contributed by atoms with Gasteiger partial charge in [-0.05, 0) is 25.3 Å². The fraction of sp³-hybridized carbons (Fsp3) is 0.533. The molecule has 1 aliphatic heterocycles. The van der Waals surface area contributed by atoms with Gasteiger partial charge in [0.05, 0.1) is 12.5 Å². The summed E-state index contributed by atoms with van der Waals surface area (Å²) in [7, 11) is 0. The van der Waals surface area contributed by atoms with Crippen LogP contribution in [0.15, 0.2) is 24.3 Å². The van der Waals surface area contributed by atoms with Crippen LogP contribution in [0.25, 0.3) is 0 Å². The molecule has 3 nitrogen and oxygen atoms in total. The van der Waals surface area contributed by atoms with Crippen LogP contribution in [0, 0.1) is 0 Å². The summed E-state index contributed by atoms with van der Waals surface area (Å²) in [5, 5.41) is 3.03. The van der Waals surface area contributed by atoms with Gasteiger partial charge in [-0.25, -0.2) is 0 Å². The lowest BCUT2D eigenvalue weighted by atomic mass is 9.92. The Hall–Kier alpha value is -1.03. The number of hydrogen-bond acceptors (Lipinski definition) is 2. The summed E-state index contributed by atoms with van der Waals surface area (Å²) in [6.45, 7) is 3.48. The summed E-state index contributed by atoms with van der Waals surface area (Å²) in [5.41, 5.74) is 1.01. The summed E-state index contributed by atoms with van der Waals surface area (Å²) in [5.74, 6) is 0.910. The van der Waals surface area contributed by atoms with E-state index in [0.717, 1.165) is 37.1 Å². The molecule has 0 spiro atoms. The second kappa shape index (κ2) is 6.94. The Kier molecular flexibility index (Phi) is 5.25. The molecule has 0 radical (unpaired) electrons. The lowest BCUT2D eigenvalue weighted by Crippen LogP contribution is -2.33. The van der Waals surface area contributed by atoms with Crippen molar-refractivity contribution in [2.24, 2.45) is 0 Å². The van der Waals surface area contributed by atoms with E-state index in [0.29, 0.717) is 11.4 Å². The predicted molar refractivity (Wildman–Crippen MR) is 79.9 cm³/mol. The Balaban J connectivity index is 1.90. The highest BCUT2D eigenvalue weighted by molar-refractivity contribution is 9.09. The average Bonchev–Trinajstić information content (AvgIpc) is 2.42. The first-order valence-corrected chi connectivity index (χ1v) is 7.73. The number of amides is 1. The molecule has 0 aliphatic carbocycles. The molecule has 1 N–H and O–H groups in total. The van der Waals surface area contributed by atoms with Gasteiger partial charge in [0.1, 0.15) is 5.75 Å². The molecular weight excluding hydrogens is 306 g/mol. The third-order valence-corrected chi connectivity index (χ3v) is 3.81. The van der Waals surface area contributed by atoms with Crippen molar-refractivity contribution in [1.82, 2.24) is 5.32 Å². The molecule has 0 saturated carbocycles. The van der Waals surface area contributed by atoms with Crippen molar-refractivity contribution in [2.75, 3.05) is 13.2 Å². The van der Waals surface area contributed by atoms with Crippen LogP contribution in [0.1, 0.15) is 37.7 Å². The Morgan fingerprint density at radius 2 is 2.32 bits per heavy atom. The second-order valence-electron chi connectivity index (χ2n) is 4.94. The fourth-order valence-electron chi connectivity index (χ4n) is 2.33. The topological polar surface area (TPSA) is 38.3 Å². The number of ether oxygens (including phenoxy) is 1. The van der Waals surface area contributed by atoms with E-state index in [1.807, 2.05) is 24.3 Å². The van der Waals surface area contributed by atoms with Crippen molar-refractivity contribution in [3.05, 3.63) is 29.8 Å². The Labute approximate surface area is 122 Å². The molecule has 1 aliphatic rings. The quantitative estimate of drug-likeness (QED) is 0.666. The number of nitrogens with one attached hydrogen (secondary N) is 1. The maximum Gasteiger partial charge on any atom is 0.227 e. The molecule has 2 unspecified atom stereocenters. The molecule has 2 atom stereocenters. The Morgan fingerprint density at radius 3 is 3.11 bits per heavy atom. The highest BCUT2D eigenvalue weighted by atomic mass is 79.9. The molecule has 1 amide bonds. The molecule has 4 heteroatoms. The molecule has 1 aromatic carbocycles. The minimum atomic E-state index is -0.0636. The lowest BCUT2D eigenvalue weighted by molar-refractivity contribution is -0.123. The van der Waals surface area contributed by atoms with Crippen molar-refractivity contribution in [1.29, 1.82) is 0 Å². The number of hydrogen-bond donors (Lipinski definition) is 1. The number of halogens is 1. The minimum Gasteiger partial charge on any atom is -0.493 e. The normalized spacial score (nSPS) is 19.2. The van der Waals surface area contributed by atoms with Gasteiger partial charge in [-0.15, -0.1) is 0 Å². The first-order valence-electron chi connectivity index (χ1n) is 6.82. The van der Waals surface area contributed by atoms with E-state index >= 15 is 0 Å². The molecule has 0 bridgehead atoms. The number of alkyl halides is 1. The zero-order chi connectivity index (χ0) is 13.7. The van der Waals surface area contributed by atoms with Gasteiger partial charge >= 0.3 is 0 Å². The summed E-state index contributed by atoms with van der Waals surface area (Å²) in [6, 6.07) is 7.82. The third kappa shape index (κ3) is 3.96. The van der Waals surface area contributed by atoms with Crippen LogP contribution < -0.4 is 10.1 Å². The van der Waals surface area contributed by atoms with Gasteiger partial charge in [0.2, 0.25) is 5.91 Å². The van der Waals surface area contributed by atoms with E-state index < -0.39 is 0 Å². The van der Waals surface area contributed by atoms with Crippen LogP contribution in [0.5, 0.6) is 5.75 Å². The minimum absolute atomic E-state index is 0.0636. The monoisotopic (exact) mass is 325 g/mol. The van der Waals surface area contributed by atoms with Crippen molar-refractivity contribution in [2.45, 2.75) is 36.9 Å². The summed E-state index contributed by atoms with van der Waals surface area (Å²) < 4.78 is 5.57. The van der Waals surface area contributed by atoms with Gasteiger partial charge in [0.25, 0.3) is 0 Å². The number of fused-ring (bicyclic) bond motifs is 1. The average molecular weight is 326 g/mol. The van der Waals surface area contributed by atoms with Crippen LogP contribution in [-0.2, 0) is 4.79 Å². The van der Waals surface area contributed by atoms with E-state index in [-0.39, 0.29) is 11.8 Å². The first kappa shape index (κ1) is 14.4. The van der Waals surface area contributed by atoms with E-state index in [2.05, 4.69) is 28.2 Å². The van der Waals surface area contributed by atoms with E-state index in [9.17, 15) is 4.79 Å². The van der Waals surface area contributed by atoms with Gasteiger partial charge in [-0.2, -0.15) is 0 Å². The lowest BCUT2D eigenvalue weighted by Gasteiger charge is -2.25. The van der Waals surface area contributed by atoms with E-state index in [1.165, 1.54) is 0 Å². The van der Waals surface area contributed by atoms with Crippen LogP contribution in [0.4, 0.5) is 0 Å². The van der Waals surface area contributed by atoms with Crippen molar-refractivity contribution in [3.8, 4) is 5.75 Å². The Bertz CT molecular complexity index is 434. The number of benzene rings is 1. The molecule has 104 valence electrons. The zero-order valence-corrected chi connectivity index (χ0v) is 12.8. The number of carbonyl (C=O) groups excluding carboxylic acids is 1. The van der Waals surface area contributed by atoms with Crippen LogP contribution in [-0.4, -0.2) is 23.9 Å². The number of rotatable bonds is 5. The molecule has 0 fully saturated rings. The summed E-state index contributed by atoms with van der Waals surface area (Å²) in [4.78, 5) is 12.7. The molecule has 1 aromatic rings. The van der Waals surface area contributed by atoms with Crippen molar-refractivity contribution >= 4 is 21.8 Å². The maximum atomic E-state index is 12.2. The maximum absolute atomic E-state index is 12.2. The van der Waals surface area contributed by atoms with Crippen molar-refractivity contribution in [3.63, 3.8) is 0 Å². The highest BCUT2D eigenvalue weighted by Crippen LogP contribution is 2.33. The molecule has 0 saturated heterocycles.